The molecule has 0 unspecified atom stereocenters. The predicted octanol–water partition coefficient (Wildman–Crippen LogP) is 1.65. The molecule has 8 heteroatoms. The van der Waals surface area contributed by atoms with Crippen LogP contribution in [0.5, 0.6) is 0 Å². The summed E-state index contributed by atoms with van der Waals surface area (Å²) in [5.41, 5.74) is 2.27. The van der Waals surface area contributed by atoms with E-state index in [2.05, 4.69) is 20.8 Å². The van der Waals surface area contributed by atoms with Crippen molar-refractivity contribution in [2.75, 3.05) is 16.8 Å². The van der Waals surface area contributed by atoms with Crippen molar-refractivity contribution in [1.82, 2.24) is 20.2 Å². The molecule has 8 nitrogen and oxygen atoms in total. The third-order valence-corrected chi connectivity index (χ3v) is 4.31. The number of hydrogen-bond acceptors (Lipinski definition) is 5. The van der Waals surface area contributed by atoms with Gasteiger partial charge in [-0.3, -0.25) is 9.59 Å². The maximum absolute atomic E-state index is 12.5. The molecular weight excluding hydrogens is 332 g/mol. The summed E-state index contributed by atoms with van der Waals surface area (Å²) in [6.07, 6.45) is 1.71. The molecule has 1 fully saturated rings. The molecular formula is C18H16N6O2. The number of amides is 2. The van der Waals surface area contributed by atoms with Crippen LogP contribution in [0.3, 0.4) is 0 Å². The highest BCUT2D eigenvalue weighted by Crippen LogP contribution is 2.26. The van der Waals surface area contributed by atoms with Gasteiger partial charge >= 0.3 is 0 Å². The summed E-state index contributed by atoms with van der Waals surface area (Å²) in [5, 5.41) is 13.9. The van der Waals surface area contributed by atoms with Gasteiger partial charge in [-0.2, -0.15) is 0 Å². The molecule has 3 aromatic rings. The molecule has 1 saturated heterocycles. The average Bonchev–Trinajstić information content (AvgIpc) is 3.33. The number of tetrazole rings is 1. The molecule has 1 N–H and O–H groups in total. The Morgan fingerprint density at radius 3 is 2.50 bits per heavy atom. The molecule has 0 spiro atoms. The minimum atomic E-state index is -0.373. The van der Waals surface area contributed by atoms with Gasteiger partial charge in [0.1, 0.15) is 6.33 Å². The van der Waals surface area contributed by atoms with Gasteiger partial charge in [0.05, 0.1) is 11.6 Å². The van der Waals surface area contributed by atoms with Gasteiger partial charge in [-0.1, -0.05) is 18.2 Å². The van der Waals surface area contributed by atoms with Gasteiger partial charge in [-0.15, -0.1) is 5.10 Å². The zero-order valence-electron chi connectivity index (χ0n) is 13.8. The normalized spacial score (nSPS) is 16.7. The Labute approximate surface area is 149 Å². The Hall–Kier alpha value is -3.55. The number of rotatable bonds is 4. The van der Waals surface area contributed by atoms with Crippen LogP contribution in [0.2, 0.25) is 0 Å². The quantitative estimate of drug-likeness (QED) is 0.774. The van der Waals surface area contributed by atoms with E-state index in [-0.39, 0.29) is 24.2 Å². The van der Waals surface area contributed by atoms with Crippen molar-refractivity contribution in [2.24, 2.45) is 5.92 Å². The molecule has 130 valence electrons. The summed E-state index contributed by atoms with van der Waals surface area (Å²) in [6.45, 7) is 0.386. The lowest BCUT2D eigenvalue weighted by Gasteiger charge is -2.16. The van der Waals surface area contributed by atoms with Crippen LogP contribution in [0.1, 0.15) is 6.42 Å². The van der Waals surface area contributed by atoms with Crippen molar-refractivity contribution in [2.45, 2.75) is 6.42 Å². The first-order chi connectivity index (χ1) is 12.7. The van der Waals surface area contributed by atoms with Crippen LogP contribution in [0, 0.1) is 5.92 Å². The number of carbonyl (C=O) groups excluding carboxylic acids is 2. The number of nitrogens with one attached hydrogen (secondary N) is 1. The van der Waals surface area contributed by atoms with Crippen LogP contribution in [0.15, 0.2) is 60.9 Å². The lowest BCUT2D eigenvalue weighted by atomic mass is 10.1. The van der Waals surface area contributed by atoms with Crippen molar-refractivity contribution >= 4 is 23.2 Å². The van der Waals surface area contributed by atoms with E-state index in [0.717, 1.165) is 11.4 Å². The minimum absolute atomic E-state index is 0.0367. The highest BCUT2D eigenvalue weighted by atomic mass is 16.2. The number of hydrogen-bond donors (Lipinski definition) is 1. The first kappa shape index (κ1) is 15.9. The highest BCUT2D eigenvalue weighted by molar-refractivity contribution is 6.03. The van der Waals surface area contributed by atoms with Crippen LogP contribution in [0.4, 0.5) is 11.4 Å². The SMILES string of the molecule is O=C(Nc1ccc(-n2cnnn2)cc1)[C@@H]1CC(=O)N(c2ccccc2)C1. The molecule has 2 amide bonds. The van der Waals surface area contributed by atoms with Crippen molar-refractivity contribution in [3.63, 3.8) is 0 Å². The topological polar surface area (TPSA) is 93.0 Å². The zero-order valence-corrected chi connectivity index (χ0v) is 13.8. The molecule has 4 rings (SSSR count). The van der Waals surface area contributed by atoms with E-state index < -0.39 is 0 Å². The first-order valence-electron chi connectivity index (χ1n) is 8.20. The summed E-state index contributed by atoms with van der Waals surface area (Å²) in [5.74, 6) is -0.570. The molecule has 0 radical (unpaired) electrons. The number of nitrogens with zero attached hydrogens (tertiary/aromatic N) is 5. The average molecular weight is 348 g/mol. The second kappa shape index (κ2) is 6.75. The maximum Gasteiger partial charge on any atom is 0.229 e. The van der Waals surface area contributed by atoms with E-state index in [1.54, 1.807) is 17.0 Å². The van der Waals surface area contributed by atoms with Gasteiger partial charge in [0.15, 0.2) is 0 Å². The Kier molecular flexibility index (Phi) is 4.14. The number of anilines is 2. The molecule has 1 aromatic heterocycles. The van der Waals surface area contributed by atoms with Crippen LogP contribution >= 0.6 is 0 Å². The highest BCUT2D eigenvalue weighted by Gasteiger charge is 2.35. The maximum atomic E-state index is 12.5. The van der Waals surface area contributed by atoms with Crippen LogP contribution < -0.4 is 10.2 Å². The molecule has 1 aliphatic heterocycles. The smallest absolute Gasteiger partial charge is 0.229 e. The van der Waals surface area contributed by atoms with E-state index in [0.29, 0.717) is 12.2 Å². The van der Waals surface area contributed by atoms with E-state index >= 15 is 0 Å². The molecule has 0 bridgehead atoms. The van der Waals surface area contributed by atoms with Crippen LogP contribution in [-0.4, -0.2) is 38.6 Å². The van der Waals surface area contributed by atoms with E-state index in [1.165, 1.54) is 11.0 Å². The third kappa shape index (κ3) is 3.16. The van der Waals surface area contributed by atoms with Gasteiger partial charge in [0.2, 0.25) is 11.8 Å². The van der Waals surface area contributed by atoms with E-state index in [4.69, 9.17) is 0 Å². The number of benzene rings is 2. The summed E-state index contributed by atoms with van der Waals surface area (Å²) >= 11 is 0. The van der Waals surface area contributed by atoms with E-state index in [9.17, 15) is 9.59 Å². The molecule has 2 aromatic carbocycles. The molecule has 0 aliphatic carbocycles. The number of carbonyl (C=O) groups is 2. The summed E-state index contributed by atoms with van der Waals surface area (Å²) < 4.78 is 1.53. The zero-order chi connectivity index (χ0) is 17.9. The van der Waals surface area contributed by atoms with E-state index in [1.807, 2.05) is 42.5 Å². The summed E-state index contributed by atoms with van der Waals surface area (Å²) in [6, 6.07) is 16.6. The van der Waals surface area contributed by atoms with Gasteiger partial charge in [-0.25, -0.2) is 4.68 Å². The second-order valence-corrected chi connectivity index (χ2v) is 6.03. The minimum Gasteiger partial charge on any atom is -0.326 e. The van der Waals surface area contributed by atoms with Gasteiger partial charge in [0.25, 0.3) is 0 Å². The van der Waals surface area contributed by atoms with Crippen molar-refractivity contribution in [3.05, 3.63) is 60.9 Å². The molecule has 1 aliphatic rings. The fourth-order valence-electron chi connectivity index (χ4n) is 2.96. The summed E-state index contributed by atoms with van der Waals surface area (Å²) in [7, 11) is 0. The number of aromatic nitrogens is 4. The molecule has 26 heavy (non-hydrogen) atoms. The van der Waals surface area contributed by atoms with Crippen LogP contribution in [-0.2, 0) is 9.59 Å². The Morgan fingerprint density at radius 1 is 1.04 bits per heavy atom. The van der Waals surface area contributed by atoms with Crippen molar-refractivity contribution < 1.29 is 9.59 Å². The fourth-order valence-corrected chi connectivity index (χ4v) is 2.96. The number of para-hydroxylation sites is 1. The lowest BCUT2D eigenvalue weighted by molar-refractivity contribution is -0.122. The fraction of sp³-hybridized carbons (Fsp3) is 0.167. The first-order valence-corrected chi connectivity index (χ1v) is 8.20. The largest absolute Gasteiger partial charge is 0.326 e. The van der Waals surface area contributed by atoms with Crippen molar-refractivity contribution in [1.29, 1.82) is 0 Å². The van der Waals surface area contributed by atoms with Gasteiger partial charge < -0.3 is 10.2 Å². The lowest BCUT2D eigenvalue weighted by Crippen LogP contribution is -2.28. The second-order valence-electron chi connectivity index (χ2n) is 6.03. The standard InChI is InChI=1S/C18H16N6O2/c25-17-10-13(11-23(17)15-4-2-1-3-5-15)18(26)20-14-6-8-16(9-7-14)24-12-19-21-22-24/h1-9,12-13H,10-11H2,(H,20,26)/t13-/m1/s1. The Balaban J connectivity index is 1.41. The molecule has 0 saturated carbocycles. The van der Waals surface area contributed by atoms with Crippen molar-refractivity contribution in [3.8, 4) is 5.69 Å². The third-order valence-electron chi connectivity index (χ3n) is 4.31. The summed E-state index contributed by atoms with van der Waals surface area (Å²) in [4.78, 5) is 26.4. The predicted molar refractivity (Wildman–Crippen MR) is 94.7 cm³/mol. The van der Waals surface area contributed by atoms with Gasteiger partial charge in [0, 0.05) is 24.3 Å². The molecule has 1 atom stereocenters. The molecule has 2 heterocycles. The Morgan fingerprint density at radius 2 is 1.81 bits per heavy atom. The Bertz CT molecular complexity index is 909. The monoisotopic (exact) mass is 348 g/mol. The van der Waals surface area contributed by atoms with Crippen LogP contribution in [0.25, 0.3) is 5.69 Å². The van der Waals surface area contributed by atoms with Gasteiger partial charge in [-0.05, 0) is 46.8 Å².